The molecule has 13 heteroatoms. The number of nitrogens with one attached hydrogen (secondary N) is 2. The molecule has 5 rings (SSSR count). The van der Waals surface area contributed by atoms with Crippen molar-refractivity contribution in [3.05, 3.63) is 138 Å². The van der Waals surface area contributed by atoms with Gasteiger partial charge in [-0.2, -0.15) is 0 Å². The Bertz CT molecular complexity index is 1760. The Kier molecular flexibility index (Phi) is 13.5. The van der Waals surface area contributed by atoms with Crippen molar-refractivity contribution in [2.24, 2.45) is 10.9 Å². The highest BCUT2D eigenvalue weighted by molar-refractivity contribution is 6.08. The summed E-state index contributed by atoms with van der Waals surface area (Å²) in [6.07, 6.45) is -1.34. The van der Waals surface area contributed by atoms with E-state index < -0.39 is 48.5 Å². The number of carbonyl (C=O) groups is 5. The van der Waals surface area contributed by atoms with Crippen LogP contribution in [-0.2, 0) is 48.4 Å². The van der Waals surface area contributed by atoms with Gasteiger partial charge in [-0.1, -0.05) is 109 Å². The van der Waals surface area contributed by atoms with E-state index in [0.717, 1.165) is 21.6 Å². The van der Waals surface area contributed by atoms with Crippen LogP contribution < -0.4 is 15.4 Å². The summed E-state index contributed by atoms with van der Waals surface area (Å²) >= 11 is 0. The standard InChI is InChI=1S/C39H38N4O9/c44-33(27-49-31-20-11-4-12-21-31)43-34(36(46)50-24-28-14-5-1-6-15-28)32(35(43)45)22-13-23-40-37(41-38(47)51-25-29-16-7-2-8-17-29)42-39(48)52-26-30-18-9-3-10-19-30/h1-12,14-21,32,34H,13,22-27H2,(H2,40,41,42,47,48). The van der Waals surface area contributed by atoms with Crippen LogP contribution in [-0.4, -0.2) is 60.0 Å². The Balaban J connectivity index is 1.21. The third-order valence-electron chi connectivity index (χ3n) is 7.86. The van der Waals surface area contributed by atoms with E-state index in [2.05, 4.69) is 15.6 Å². The molecular formula is C39H38N4O9. The molecule has 0 aromatic heterocycles. The number of hydrogen-bond donors (Lipinski definition) is 2. The molecule has 0 radical (unpaired) electrons. The Morgan fingerprint density at radius 2 is 1.10 bits per heavy atom. The summed E-state index contributed by atoms with van der Waals surface area (Å²) in [7, 11) is 0. The van der Waals surface area contributed by atoms with Crippen LogP contribution >= 0.6 is 0 Å². The van der Waals surface area contributed by atoms with Crippen LogP contribution in [0.1, 0.15) is 29.5 Å². The molecular weight excluding hydrogens is 668 g/mol. The number of guanidine groups is 1. The molecule has 1 saturated heterocycles. The average Bonchev–Trinajstić information content (AvgIpc) is 3.18. The molecule has 0 saturated carbocycles. The van der Waals surface area contributed by atoms with Crippen molar-refractivity contribution in [2.75, 3.05) is 13.2 Å². The van der Waals surface area contributed by atoms with Gasteiger partial charge in [0.15, 0.2) is 6.61 Å². The highest BCUT2D eigenvalue weighted by Gasteiger charge is 2.54. The third-order valence-corrected chi connectivity index (χ3v) is 7.86. The number of carbonyl (C=O) groups excluding carboxylic acids is 5. The molecule has 1 aliphatic rings. The maximum atomic E-state index is 13.3. The van der Waals surface area contributed by atoms with Gasteiger partial charge in [0.25, 0.3) is 5.91 Å². The number of ether oxygens (including phenoxy) is 4. The Hall–Kier alpha value is -6.50. The van der Waals surface area contributed by atoms with E-state index in [-0.39, 0.29) is 45.2 Å². The van der Waals surface area contributed by atoms with Gasteiger partial charge in [0.05, 0.1) is 5.92 Å². The molecule has 2 atom stereocenters. The van der Waals surface area contributed by atoms with E-state index in [9.17, 15) is 24.0 Å². The molecule has 1 heterocycles. The second kappa shape index (κ2) is 19.0. The molecule has 0 aliphatic carbocycles. The fourth-order valence-corrected chi connectivity index (χ4v) is 5.25. The number of β-lactam (4-membered cyclic amide) rings is 1. The van der Waals surface area contributed by atoms with E-state index >= 15 is 0 Å². The summed E-state index contributed by atoms with van der Waals surface area (Å²) in [5.74, 6) is -2.61. The van der Waals surface area contributed by atoms with Crippen LogP contribution in [0.15, 0.2) is 126 Å². The molecule has 13 nitrogen and oxygen atoms in total. The zero-order valence-corrected chi connectivity index (χ0v) is 28.2. The number of rotatable bonds is 14. The van der Waals surface area contributed by atoms with Crippen LogP contribution in [0, 0.1) is 5.92 Å². The van der Waals surface area contributed by atoms with Crippen molar-refractivity contribution in [1.82, 2.24) is 15.5 Å². The largest absolute Gasteiger partial charge is 0.484 e. The first-order valence-corrected chi connectivity index (χ1v) is 16.6. The first-order valence-electron chi connectivity index (χ1n) is 16.6. The van der Waals surface area contributed by atoms with Crippen molar-refractivity contribution in [3.8, 4) is 5.75 Å². The first kappa shape index (κ1) is 36.8. The lowest BCUT2D eigenvalue weighted by molar-refractivity contribution is -0.181. The number of esters is 1. The highest BCUT2D eigenvalue weighted by Crippen LogP contribution is 2.32. The van der Waals surface area contributed by atoms with Crippen LogP contribution in [0.4, 0.5) is 9.59 Å². The number of nitrogens with zero attached hydrogens (tertiary/aromatic N) is 2. The van der Waals surface area contributed by atoms with Gasteiger partial charge >= 0.3 is 18.2 Å². The zero-order valence-electron chi connectivity index (χ0n) is 28.2. The summed E-state index contributed by atoms with van der Waals surface area (Å²) in [6.45, 7) is -0.499. The number of alkyl carbamates (subject to hydrolysis) is 2. The smallest absolute Gasteiger partial charge is 0.414 e. The summed E-state index contributed by atoms with van der Waals surface area (Å²) < 4.78 is 21.6. The number of aliphatic imine (C=N–C) groups is 1. The molecule has 52 heavy (non-hydrogen) atoms. The van der Waals surface area contributed by atoms with Gasteiger partial charge in [0, 0.05) is 6.54 Å². The minimum absolute atomic E-state index is 0.0183. The Morgan fingerprint density at radius 3 is 1.60 bits per heavy atom. The van der Waals surface area contributed by atoms with E-state index in [0.29, 0.717) is 5.75 Å². The second-order valence-electron chi connectivity index (χ2n) is 11.6. The number of likely N-dealkylation sites (tertiary alicyclic amines) is 1. The molecule has 1 fully saturated rings. The van der Waals surface area contributed by atoms with Gasteiger partial charge in [-0.3, -0.25) is 30.1 Å². The van der Waals surface area contributed by atoms with E-state index in [4.69, 9.17) is 18.9 Å². The van der Waals surface area contributed by atoms with Gasteiger partial charge in [-0.05, 0) is 41.7 Å². The summed E-state index contributed by atoms with van der Waals surface area (Å²) in [5, 5.41) is 4.84. The second-order valence-corrected chi connectivity index (χ2v) is 11.6. The van der Waals surface area contributed by atoms with Crippen LogP contribution in [0.25, 0.3) is 0 Å². The van der Waals surface area contributed by atoms with Crippen molar-refractivity contribution < 1.29 is 42.9 Å². The third kappa shape index (κ3) is 11.0. The Morgan fingerprint density at radius 1 is 0.635 bits per heavy atom. The molecule has 2 N–H and O–H groups in total. The van der Waals surface area contributed by atoms with Gasteiger partial charge in [-0.25, -0.2) is 14.4 Å². The molecule has 2 unspecified atom stereocenters. The summed E-state index contributed by atoms with van der Waals surface area (Å²) in [4.78, 5) is 70.0. The minimum Gasteiger partial charge on any atom is -0.484 e. The van der Waals surface area contributed by atoms with Crippen molar-refractivity contribution in [2.45, 2.75) is 38.7 Å². The predicted molar refractivity (Wildman–Crippen MR) is 188 cm³/mol. The van der Waals surface area contributed by atoms with Crippen LogP contribution in [0.2, 0.25) is 0 Å². The molecule has 0 bridgehead atoms. The van der Waals surface area contributed by atoms with Crippen molar-refractivity contribution in [1.29, 1.82) is 0 Å². The first-order chi connectivity index (χ1) is 25.4. The van der Waals surface area contributed by atoms with E-state index in [1.807, 2.05) is 42.5 Å². The fourth-order valence-electron chi connectivity index (χ4n) is 5.25. The van der Waals surface area contributed by atoms with E-state index in [1.165, 1.54) is 0 Å². The average molecular weight is 707 g/mol. The zero-order chi connectivity index (χ0) is 36.5. The number of amides is 4. The molecule has 1 aliphatic heterocycles. The lowest BCUT2D eigenvalue weighted by Crippen LogP contribution is -2.67. The molecule has 4 amide bonds. The number of hydrogen-bond acceptors (Lipinski definition) is 10. The van der Waals surface area contributed by atoms with Crippen LogP contribution in [0.3, 0.4) is 0 Å². The maximum absolute atomic E-state index is 13.3. The van der Waals surface area contributed by atoms with Gasteiger partial charge in [0.2, 0.25) is 11.9 Å². The molecule has 0 spiro atoms. The number of benzene rings is 4. The fraction of sp³-hybridized carbons (Fsp3) is 0.231. The maximum Gasteiger partial charge on any atom is 0.414 e. The Labute approximate surface area is 300 Å². The molecule has 268 valence electrons. The topological polar surface area (TPSA) is 162 Å². The highest BCUT2D eigenvalue weighted by atomic mass is 16.6. The van der Waals surface area contributed by atoms with Crippen LogP contribution in [0.5, 0.6) is 5.75 Å². The molecule has 4 aromatic carbocycles. The van der Waals surface area contributed by atoms with Crippen molar-refractivity contribution in [3.63, 3.8) is 0 Å². The molecule has 4 aromatic rings. The lowest BCUT2D eigenvalue weighted by atomic mass is 9.83. The van der Waals surface area contributed by atoms with Gasteiger partial charge < -0.3 is 18.9 Å². The summed E-state index contributed by atoms with van der Waals surface area (Å²) in [5.41, 5.74) is 2.26. The van der Waals surface area contributed by atoms with Gasteiger partial charge in [0.1, 0.15) is 31.6 Å². The predicted octanol–water partition coefficient (Wildman–Crippen LogP) is 5.15. The van der Waals surface area contributed by atoms with Crippen molar-refractivity contribution >= 4 is 35.9 Å². The number of imide groups is 1. The lowest BCUT2D eigenvalue weighted by Gasteiger charge is -2.43. The minimum atomic E-state index is -1.16. The van der Waals surface area contributed by atoms with E-state index in [1.54, 1.807) is 78.9 Å². The SMILES string of the molecule is O=C(NC(=NCCCC1C(=O)N(C(=O)COc2ccccc2)C1C(=O)OCc1ccccc1)NC(=O)OCc1ccccc1)OCc1ccccc1. The quantitative estimate of drug-likeness (QED) is 0.0451. The van der Waals surface area contributed by atoms with Gasteiger partial charge in [-0.15, -0.1) is 0 Å². The summed E-state index contributed by atoms with van der Waals surface area (Å²) in [6, 6.07) is 34.6. The monoisotopic (exact) mass is 706 g/mol. The normalized spacial score (nSPS) is 14.6. The number of para-hydroxylation sites is 1.